The molecule has 0 saturated carbocycles. The Kier molecular flexibility index (Phi) is 6.75. The zero-order valence-electron chi connectivity index (χ0n) is 17.5. The van der Waals surface area contributed by atoms with Gasteiger partial charge in [-0.05, 0) is 76.1 Å². The van der Waals surface area contributed by atoms with Gasteiger partial charge in [0.05, 0.1) is 4.90 Å². The maximum Gasteiger partial charge on any atom is 0.241 e. The van der Waals surface area contributed by atoms with Crippen LogP contribution in [0.3, 0.4) is 0 Å². The van der Waals surface area contributed by atoms with Crippen molar-refractivity contribution in [2.45, 2.75) is 44.0 Å². The highest BCUT2D eigenvalue weighted by molar-refractivity contribution is 7.89. The number of halogens is 1. The molecule has 0 atom stereocenters. The summed E-state index contributed by atoms with van der Waals surface area (Å²) in [5, 5.41) is 3.61. The summed E-state index contributed by atoms with van der Waals surface area (Å²) in [6, 6.07) is 14.0. The first-order chi connectivity index (χ1) is 14.0. The molecule has 30 heavy (non-hydrogen) atoms. The van der Waals surface area contributed by atoms with Crippen LogP contribution in [0.2, 0.25) is 5.02 Å². The van der Waals surface area contributed by atoms with Gasteiger partial charge in [0.15, 0.2) is 0 Å². The molecule has 0 unspecified atom stereocenters. The lowest BCUT2D eigenvalue weighted by Gasteiger charge is -2.33. The predicted octanol–water partition coefficient (Wildman–Crippen LogP) is 4.27. The molecule has 1 saturated heterocycles. The highest BCUT2D eigenvalue weighted by Gasteiger charge is 2.26. The molecule has 2 aromatic carbocycles. The lowest BCUT2D eigenvalue weighted by Crippen LogP contribution is -2.40. The van der Waals surface area contributed by atoms with Crippen LogP contribution in [0.5, 0.6) is 0 Å². The van der Waals surface area contributed by atoms with Crippen molar-refractivity contribution in [3.05, 3.63) is 53.6 Å². The van der Waals surface area contributed by atoms with E-state index in [1.54, 1.807) is 32.9 Å². The smallest absolute Gasteiger partial charge is 0.241 e. The number of rotatable bonds is 5. The molecule has 3 rings (SSSR count). The number of carbonyl (C=O) groups is 1. The van der Waals surface area contributed by atoms with Crippen LogP contribution in [0.1, 0.15) is 33.6 Å². The van der Waals surface area contributed by atoms with Crippen molar-refractivity contribution in [1.82, 2.24) is 4.72 Å². The van der Waals surface area contributed by atoms with E-state index in [2.05, 4.69) is 14.9 Å². The fourth-order valence-electron chi connectivity index (χ4n) is 3.50. The SMILES string of the molecule is CC(C)(C)NS(=O)(=O)c1ccc(NC(=O)C2CCN(c3cccc(Cl)c3)CC2)cc1. The van der Waals surface area contributed by atoms with Crippen LogP contribution in [0.4, 0.5) is 11.4 Å². The molecule has 1 amide bonds. The first-order valence-corrected chi connectivity index (χ1v) is 11.8. The quantitative estimate of drug-likeness (QED) is 0.714. The number of nitrogens with zero attached hydrogens (tertiary/aromatic N) is 1. The second kappa shape index (κ2) is 8.96. The molecule has 2 N–H and O–H groups in total. The maximum atomic E-state index is 12.7. The molecule has 1 aliphatic rings. The second-order valence-electron chi connectivity index (χ2n) is 8.61. The zero-order chi connectivity index (χ0) is 21.9. The summed E-state index contributed by atoms with van der Waals surface area (Å²) in [7, 11) is -3.60. The molecule has 2 aromatic rings. The van der Waals surface area contributed by atoms with Crippen LogP contribution in [-0.4, -0.2) is 33.0 Å². The standard InChI is InChI=1S/C22H28ClN3O3S/c1-22(2,3)25-30(28,29)20-9-7-18(8-10-20)24-21(27)16-11-13-26(14-12-16)19-6-4-5-17(23)15-19/h4-10,15-16,25H,11-14H2,1-3H3,(H,24,27). The second-order valence-corrected chi connectivity index (χ2v) is 10.7. The summed E-state index contributed by atoms with van der Waals surface area (Å²) in [6.45, 7) is 6.94. The van der Waals surface area contributed by atoms with Gasteiger partial charge < -0.3 is 10.2 Å². The minimum atomic E-state index is -3.60. The number of hydrogen-bond donors (Lipinski definition) is 2. The largest absolute Gasteiger partial charge is 0.371 e. The number of anilines is 2. The summed E-state index contributed by atoms with van der Waals surface area (Å²) in [6.07, 6.45) is 1.50. The van der Waals surface area contributed by atoms with Crippen molar-refractivity contribution < 1.29 is 13.2 Å². The summed E-state index contributed by atoms with van der Waals surface area (Å²) in [5.74, 6) is -0.115. The van der Waals surface area contributed by atoms with Crippen molar-refractivity contribution in [1.29, 1.82) is 0 Å². The minimum absolute atomic E-state index is 0.0378. The number of piperidine rings is 1. The van der Waals surface area contributed by atoms with E-state index in [-0.39, 0.29) is 16.7 Å². The number of nitrogens with one attached hydrogen (secondary N) is 2. The van der Waals surface area contributed by atoms with Gasteiger partial charge in [0.25, 0.3) is 0 Å². The monoisotopic (exact) mass is 449 g/mol. The average molecular weight is 450 g/mol. The fourth-order valence-corrected chi connectivity index (χ4v) is 5.10. The van der Waals surface area contributed by atoms with Crippen LogP contribution in [0.15, 0.2) is 53.4 Å². The van der Waals surface area contributed by atoms with Crippen LogP contribution < -0.4 is 14.9 Å². The highest BCUT2D eigenvalue weighted by Crippen LogP contribution is 2.26. The lowest BCUT2D eigenvalue weighted by atomic mass is 9.95. The van der Waals surface area contributed by atoms with E-state index in [1.807, 2.05) is 24.3 Å². The van der Waals surface area contributed by atoms with Gasteiger partial charge >= 0.3 is 0 Å². The average Bonchev–Trinajstić information content (AvgIpc) is 2.67. The Bertz CT molecular complexity index is 993. The van der Waals surface area contributed by atoms with E-state index >= 15 is 0 Å². The molecule has 0 radical (unpaired) electrons. The van der Waals surface area contributed by atoms with E-state index in [0.717, 1.165) is 31.6 Å². The van der Waals surface area contributed by atoms with Crippen molar-refractivity contribution in [3.8, 4) is 0 Å². The van der Waals surface area contributed by atoms with Crippen molar-refractivity contribution in [2.24, 2.45) is 5.92 Å². The summed E-state index contributed by atoms with van der Waals surface area (Å²) >= 11 is 6.07. The summed E-state index contributed by atoms with van der Waals surface area (Å²) in [4.78, 5) is 15.1. The summed E-state index contributed by atoms with van der Waals surface area (Å²) < 4.78 is 27.4. The van der Waals surface area contributed by atoms with Gasteiger partial charge in [-0.15, -0.1) is 0 Å². The zero-order valence-corrected chi connectivity index (χ0v) is 19.1. The van der Waals surface area contributed by atoms with Gasteiger partial charge in [-0.1, -0.05) is 17.7 Å². The Morgan fingerprint density at radius 3 is 2.27 bits per heavy atom. The Labute approximate surface area is 183 Å². The minimum Gasteiger partial charge on any atom is -0.371 e. The Morgan fingerprint density at radius 1 is 1.07 bits per heavy atom. The molecule has 6 nitrogen and oxygen atoms in total. The van der Waals surface area contributed by atoms with E-state index in [1.165, 1.54) is 12.1 Å². The molecular formula is C22H28ClN3O3S. The number of amides is 1. The van der Waals surface area contributed by atoms with Crippen molar-refractivity contribution in [3.63, 3.8) is 0 Å². The van der Waals surface area contributed by atoms with Crippen molar-refractivity contribution >= 4 is 38.9 Å². The molecular weight excluding hydrogens is 422 g/mol. The van der Waals surface area contributed by atoms with Crippen LogP contribution in [0, 0.1) is 5.92 Å². The molecule has 8 heteroatoms. The third-order valence-corrected chi connectivity index (χ3v) is 6.92. The molecule has 0 bridgehead atoms. The van der Waals surface area contributed by atoms with E-state index in [0.29, 0.717) is 10.7 Å². The van der Waals surface area contributed by atoms with Gasteiger partial charge in [0.2, 0.25) is 15.9 Å². The lowest BCUT2D eigenvalue weighted by molar-refractivity contribution is -0.120. The van der Waals surface area contributed by atoms with E-state index < -0.39 is 15.6 Å². The third kappa shape index (κ3) is 5.97. The molecule has 0 aromatic heterocycles. The third-order valence-electron chi connectivity index (χ3n) is 4.91. The van der Waals surface area contributed by atoms with Crippen LogP contribution in [-0.2, 0) is 14.8 Å². The fraction of sp³-hybridized carbons (Fsp3) is 0.409. The number of sulfonamides is 1. The van der Waals surface area contributed by atoms with Gasteiger partial charge in [-0.3, -0.25) is 4.79 Å². The first-order valence-electron chi connectivity index (χ1n) is 9.99. The van der Waals surface area contributed by atoms with Crippen LogP contribution in [0.25, 0.3) is 0 Å². The van der Waals surface area contributed by atoms with Gasteiger partial charge in [-0.25, -0.2) is 13.1 Å². The Hall–Kier alpha value is -2.09. The van der Waals surface area contributed by atoms with Gasteiger partial charge in [0, 0.05) is 40.9 Å². The normalized spacial score (nSPS) is 15.8. The topological polar surface area (TPSA) is 78.5 Å². The molecule has 1 aliphatic heterocycles. The van der Waals surface area contributed by atoms with Crippen molar-refractivity contribution in [2.75, 3.05) is 23.3 Å². The van der Waals surface area contributed by atoms with E-state index in [4.69, 9.17) is 11.6 Å². The Balaban J connectivity index is 1.57. The molecule has 162 valence electrons. The number of hydrogen-bond acceptors (Lipinski definition) is 4. The van der Waals surface area contributed by atoms with Gasteiger partial charge in [-0.2, -0.15) is 0 Å². The molecule has 1 fully saturated rings. The molecule has 0 spiro atoms. The molecule has 1 heterocycles. The number of benzene rings is 2. The summed E-state index contributed by atoms with van der Waals surface area (Å²) in [5.41, 5.74) is 1.10. The molecule has 0 aliphatic carbocycles. The maximum absolute atomic E-state index is 12.7. The number of carbonyl (C=O) groups excluding carboxylic acids is 1. The predicted molar refractivity (Wildman–Crippen MR) is 122 cm³/mol. The van der Waals surface area contributed by atoms with Crippen LogP contribution >= 0.6 is 11.6 Å². The highest BCUT2D eigenvalue weighted by atomic mass is 35.5. The first kappa shape index (κ1) is 22.6. The van der Waals surface area contributed by atoms with E-state index in [9.17, 15) is 13.2 Å². The Morgan fingerprint density at radius 2 is 1.70 bits per heavy atom. The van der Waals surface area contributed by atoms with Gasteiger partial charge in [0.1, 0.15) is 0 Å².